The lowest BCUT2D eigenvalue weighted by molar-refractivity contribution is 0.0903. The largest absolute Gasteiger partial charge is 0.497 e. The van der Waals surface area contributed by atoms with E-state index in [0.29, 0.717) is 26.2 Å². The molecule has 0 radical (unpaired) electrons. The fourth-order valence-corrected chi connectivity index (χ4v) is 3.40. The number of ether oxygens (including phenoxy) is 3. The molecule has 4 rings (SSSR count). The second-order valence-corrected chi connectivity index (χ2v) is 6.84. The number of carbonyl (C=O) groups excluding carboxylic acids is 1. The molecule has 1 atom stereocenters. The van der Waals surface area contributed by atoms with Crippen LogP contribution in [-0.2, 0) is 0 Å². The first-order chi connectivity index (χ1) is 13.7. The van der Waals surface area contributed by atoms with E-state index in [4.69, 9.17) is 14.2 Å². The number of carbonyl (C=O) groups is 1. The maximum atomic E-state index is 12.5. The van der Waals surface area contributed by atoms with Crippen molar-refractivity contribution in [3.63, 3.8) is 0 Å². The predicted octanol–water partition coefficient (Wildman–Crippen LogP) is 3.33. The minimum atomic E-state index is -0.186. The summed E-state index contributed by atoms with van der Waals surface area (Å²) in [5.74, 6) is 2.31. The highest BCUT2D eigenvalue weighted by Crippen LogP contribution is 2.30. The molecule has 0 bridgehead atoms. The van der Waals surface area contributed by atoms with Gasteiger partial charge in [-0.05, 0) is 41.8 Å². The first-order valence-electron chi connectivity index (χ1n) is 9.47. The topological polar surface area (TPSA) is 60.0 Å². The Balaban J connectivity index is 1.27. The van der Waals surface area contributed by atoms with Gasteiger partial charge in [-0.3, -0.25) is 0 Å². The van der Waals surface area contributed by atoms with E-state index in [2.05, 4.69) is 23.5 Å². The lowest BCUT2D eigenvalue weighted by Gasteiger charge is -2.29. The molecule has 1 N–H and O–H groups in total. The van der Waals surface area contributed by atoms with Gasteiger partial charge in [0.25, 0.3) is 0 Å². The van der Waals surface area contributed by atoms with Crippen LogP contribution in [0.1, 0.15) is 12.0 Å². The monoisotopic (exact) mass is 380 g/mol. The van der Waals surface area contributed by atoms with E-state index in [9.17, 15) is 4.79 Å². The third-order valence-electron chi connectivity index (χ3n) is 5.01. The number of fused-ring (bicyclic) bond motifs is 1. The maximum absolute atomic E-state index is 12.5. The van der Waals surface area contributed by atoms with E-state index >= 15 is 0 Å². The minimum Gasteiger partial charge on any atom is -0.497 e. The molecule has 2 aliphatic heterocycles. The number of urea groups is 1. The van der Waals surface area contributed by atoms with Gasteiger partial charge in [-0.15, -0.1) is 0 Å². The Bertz CT molecular complexity index is 863. The summed E-state index contributed by atoms with van der Waals surface area (Å²) < 4.78 is 16.8. The summed E-state index contributed by atoms with van der Waals surface area (Å²) in [5.41, 5.74) is 2.43. The van der Waals surface area contributed by atoms with Crippen LogP contribution < -0.4 is 19.5 Å². The molecule has 2 aliphatic rings. The van der Waals surface area contributed by atoms with E-state index in [1.807, 2.05) is 41.3 Å². The second kappa shape index (κ2) is 8.25. The second-order valence-electron chi connectivity index (χ2n) is 6.84. The number of methoxy groups -OCH3 is 1. The molecule has 6 heteroatoms. The SMILES string of the molecule is COc1ccc(C2=CCN(C(=O)NC[C@H]3COc4ccccc4O3)CC2)cc1. The molecule has 146 valence electrons. The van der Waals surface area contributed by atoms with Crippen molar-refractivity contribution in [2.75, 3.05) is 33.4 Å². The van der Waals surface area contributed by atoms with Gasteiger partial charge < -0.3 is 24.4 Å². The number of nitrogens with zero attached hydrogens (tertiary/aromatic N) is 1. The van der Waals surface area contributed by atoms with Gasteiger partial charge >= 0.3 is 6.03 Å². The van der Waals surface area contributed by atoms with E-state index in [-0.39, 0.29) is 12.1 Å². The molecular formula is C22H24N2O4. The molecule has 0 unspecified atom stereocenters. The van der Waals surface area contributed by atoms with Crippen molar-refractivity contribution in [1.82, 2.24) is 10.2 Å². The molecule has 0 aromatic heterocycles. The molecule has 0 spiro atoms. The van der Waals surface area contributed by atoms with Gasteiger partial charge in [0.15, 0.2) is 17.6 Å². The van der Waals surface area contributed by atoms with Crippen molar-refractivity contribution < 1.29 is 19.0 Å². The van der Waals surface area contributed by atoms with Crippen molar-refractivity contribution in [2.45, 2.75) is 12.5 Å². The van der Waals surface area contributed by atoms with Gasteiger partial charge in [0, 0.05) is 13.1 Å². The zero-order chi connectivity index (χ0) is 19.3. The summed E-state index contributed by atoms with van der Waals surface area (Å²) in [7, 11) is 1.66. The van der Waals surface area contributed by atoms with Crippen LogP contribution in [0, 0.1) is 0 Å². The van der Waals surface area contributed by atoms with Crippen LogP contribution in [0.2, 0.25) is 0 Å². The maximum Gasteiger partial charge on any atom is 0.317 e. The van der Waals surface area contributed by atoms with Crippen molar-refractivity contribution in [3.8, 4) is 17.2 Å². The van der Waals surface area contributed by atoms with Crippen molar-refractivity contribution in [3.05, 3.63) is 60.2 Å². The zero-order valence-electron chi connectivity index (χ0n) is 15.9. The van der Waals surface area contributed by atoms with Crippen LogP contribution >= 0.6 is 0 Å². The predicted molar refractivity (Wildman–Crippen MR) is 107 cm³/mol. The summed E-state index contributed by atoms with van der Waals surface area (Å²) in [4.78, 5) is 14.3. The van der Waals surface area contributed by atoms with E-state index in [1.165, 1.54) is 11.1 Å². The molecule has 0 saturated carbocycles. The number of rotatable bonds is 4. The Hall–Kier alpha value is -3.15. The molecule has 2 amide bonds. The quantitative estimate of drug-likeness (QED) is 0.884. The van der Waals surface area contributed by atoms with Crippen LogP contribution in [0.3, 0.4) is 0 Å². The number of hydrogen-bond acceptors (Lipinski definition) is 4. The third kappa shape index (κ3) is 4.06. The van der Waals surface area contributed by atoms with Crippen molar-refractivity contribution >= 4 is 11.6 Å². The molecule has 6 nitrogen and oxygen atoms in total. The van der Waals surface area contributed by atoms with Crippen LogP contribution in [0.15, 0.2) is 54.6 Å². The Kier molecular flexibility index (Phi) is 5.37. The molecule has 2 heterocycles. The van der Waals surface area contributed by atoms with Crippen LogP contribution in [0.25, 0.3) is 5.57 Å². The van der Waals surface area contributed by atoms with Crippen LogP contribution in [-0.4, -0.2) is 50.4 Å². The van der Waals surface area contributed by atoms with E-state index in [0.717, 1.165) is 23.7 Å². The molecule has 0 aliphatic carbocycles. The van der Waals surface area contributed by atoms with Gasteiger partial charge in [-0.25, -0.2) is 4.79 Å². The van der Waals surface area contributed by atoms with Gasteiger partial charge in [0.05, 0.1) is 13.7 Å². The Labute approximate surface area is 164 Å². The smallest absolute Gasteiger partial charge is 0.317 e. The Morgan fingerprint density at radius 1 is 1.18 bits per heavy atom. The number of hydrogen-bond donors (Lipinski definition) is 1. The molecule has 2 aromatic rings. The lowest BCUT2D eigenvalue weighted by atomic mass is 9.99. The Morgan fingerprint density at radius 3 is 2.68 bits per heavy atom. The fraction of sp³-hybridized carbons (Fsp3) is 0.318. The highest BCUT2D eigenvalue weighted by Gasteiger charge is 2.23. The number of nitrogens with one attached hydrogen (secondary N) is 1. The van der Waals surface area contributed by atoms with Gasteiger partial charge in [0.1, 0.15) is 12.4 Å². The van der Waals surface area contributed by atoms with Gasteiger partial charge in [0.2, 0.25) is 0 Å². The average Bonchev–Trinajstić information content (AvgIpc) is 2.77. The van der Waals surface area contributed by atoms with E-state index in [1.54, 1.807) is 7.11 Å². The number of benzene rings is 2. The lowest BCUT2D eigenvalue weighted by Crippen LogP contribution is -2.47. The normalized spacial score (nSPS) is 18.2. The first kappa shape index (κ1) is 18.2. The van der Waals surface area contributed by atoms with Gasteiger partial charge in [-0.2, -0.15) is 0 Å². The fourth-order valence-electron chi connectivity index (χ4n) is 3.40. The number of amides is 2. The molecule has 2 aromatic carbocycles. The Morgan fingerprint density at radius 2 is 1.96 bits per heavy atom. The molecular weight excluding hydrogens is 356 g/mol. The van der Waals surface area contributed by atoms with Crippen LogP contribution in [0.4, 0.5) is 4.79 Å². The third-order valence-corrected chi connectivity index (χ3v) is 5.01. The average molecular weight is 380 g/mol. The van der Waals surface area contributed by atoms with Crippen LogP contribution in [0.5, 0.6) is 17.2 Å². The summed E-state index contributed by atoms with van der Waals surface area (Å²) in [6.07, 6.45) is 2.76. The summed E-state index contributed by atoms with van der Waals surface area (Å²) in [6.45, 7) is 2.13. The first-order valence-corrected chi connectivity index (χ1v) is 9.47. The highest BCUT2D eigenvalue weighted by molar-refractivity contribution is 5.76. The standard InChI is InChI=1S/C22H24N2O4/c1-26-18-8-6-16(7-9-18)17-10-12-24(13-11-17)22(25)23-14-19-15-27-20-4-2-3-5-21(20)28-19/h2-10,19H,11-15H2,1H3,(H,23,25)/t19-/m0/s1. The van der Waals surface area contributed by atoms with Crippen molar-refractivity contribution in [2.24, 2.45) is 0 Å². The molecule has 0 fully saturated rings. The minimum absolute atomic E-state index is 0.0764. The summed E-state index contributed by atoms with van der Waals surface area (Å²) in [5, 5.41) is 2.96. The number of para-hydroxylation sites is 2. The zero-order valence-corrected chi connectivity index (χ0v) is 15.9. The van der Waals surface area contributed by atoms with Gasteiger partial charge in [-0.1, -0.05) is 30.3 Å². The van der Waals surface area contributed by atoms with Crippen molar-refractivity contribution in [1.29, 1.82) is 0 Å². The summed E-state index contributed by atoms with van der Waals surface area (Å²) in [6, 6.07) is 15.5. The highest BCUT2D eigenvalue weighted by atomic mass is 16.6. The summed E-state index contributed by atoms with van der Waals surface area (Å²) >= 11 is 0. The molecule has 28 heavy (non-hydrogen) atoms. The molecule has 0 saturated heterocycles. The van der Waals surface area contributed by atoms with E-state index < -0.39 is 0 Å².